The molecule has 0 bridgehead atoms. The van der Waals surface area contributed by atoms with Crippen LogP contribution < -0.4 is 5.63 Å². The lowest BCUT2D eigenvalue weighted by molar-refractivity contribution is 0.527. The predicted octanol–water partition coefficient (Wildman–Crippen LogP) is 4.58. The van der Waals surface area contributed by atoms with Crippen LogP contribution in [0.2, 0.25) is 0 Å². The molecule has 2 nitrogen and oxygen atoms in total. The molecule has 0 saturated heterocycles. The first-order valence-electron chi connectivity index (χ1n) is 6.20. The standard InChI is InChI=1S/C17H11IO2/c18-14-11-15(12-7-3-1-4-8-12)20-17(19)16(14)13-9-5-2-6-10-13/h1-11H. The molecule has 0 atom stereocenters. The molecule has 1 aromatic heterocycles. The van der Waals surface area contributed by atoms with Crippen LogP contribution in [0.4, 0.5) is 0 Å². The Labute approximate surface area is 130 Å². The Morgan fingerprint density at radius 1 is 0.800 bits per heavy atom. The zero-order valence-electron chi connectivity index (χ0n) is 10.5. The monoisotopic (exact) mass is 374 g/mol. The fourth-order valence-corrected chi connectivity index (χ4v) is 2.88. The molecular formula is C17H11IO2. The molecule has 3 rings (SSSR count). The second-order valence-electron chi connectivity index (χ2n) is 4.35. The highest BCUT2D eigenvalue weighted by molar-refractivity contribution is 14.1. The zero-order chi connectivity index (χ0) is 13.9. The molecule has 0 radical (unpaired) electrons. The Morgan fingerprint density at radius 3 is 1.90 bits per heavy atom. The molecule has 0 fully saturated rings. The lowest BCUT2D eigenvalue weighted by Crippen LogP contribution is -2.06. The molecule has 3 heteroatoms. The molecule has 0 aliphatic carbocycles. The zero-order valence-corrected chi connectivity index (χ0v) is 12.7. The van der Waals surface area contributed by atoms with Gasteiger partial charge in [-0.2, -0.15) is 0 Å². The molecule has 0 aliphatic heterocycles. The molecule has 0 aliphatic rings. The van der Waals surface area contributed by atoms with Crippen molar-refractivity contribution in [1.29, 1.82) is 0 Å². The highest BCUT2D eigenvalue weighted by Gasteiger charge is 2.12. The number of hydrogen-bond donors (Lipinski definition) is 0. The van der Waals surface area contributed by atoms with Crippen molar-refractivity contribution >= 4 is 22.6 Å². The summed E-state index contributed by atoms with van der Waals surface area (Å²) in [5, 5.41) is 0. The molecule has 98 valence electrons. The van der Waals surface area contributed by atoms with Crippen LogP contribution in [-0.2, 0) is 0 Å². The van der Waals surface area contributed by atoms with Gasteiger partial charge in [0.05, 0.1) is 5.56 Å². The van der Waals surface area contributed by atoms with Crippen molar-refractivity contribution in [2.45, 2.75) is 0 Å². The van der Waals surface area contributed by atoms with Gasteiger partial charge in [0.15, 0.2) is 0 Å². The first-order chi connectivity index (χ1) is 9.75. The van der Waals surface area contributed by atoms with Crippen LogP contribution in [-0.4, -0.2) is 0 Å². The van der Waals surface area contributed by atoms with Gasteiger partial charge in [-0.1, -0.05) is 60.7 Å². The first-order valence-corrected chi connectivity index (χ1v) is 7.28. The van der Waals surface area contributed by atoms with Gasteiger partial charge in [0.2, 0.25) is 0 Å². The second-order valence-corrected chi connectivity index (χ2v) is 5.52. The van der Waals surface area contributed by atoms with Crippen LogP contribution in [0, 0.1) is 3.57 Å². The van der Waals surface area contributed by atoms with Crippen molar-refractivity contribution in [3.8, 4) is 22.5 Å². The van der Waals surface area contributed by atoms with E-state index in [1.54, 1.807) is 0 Å². The van der Waals surface area contributed by atoms with E-state index < -0.39 is 0 Å². The third-order valence-electron chi connectivity index (χ3n) is 3.02. The fraction of sp³-hybridized carbons (Fsp3) is 0. The van der Waals surface area contributed by atoms with E-state index in [4.69, 9.17) is 4.42 Å². The summed E-state index contributed by atoms with van der Waals surface area (Å²) >= 11 is 2.18. The van der Waals surface area contributed by atoms with Crippen LogP contribution in [0.1, 0.15) is 0 Å². The van der Waals surface area contributed by atoms with Gasteiger partial charge in [0, 0.05) is 9.13 Å². The Kier molecular flexibility index (Phi) is 3.69. The van der Waals surface area contributed by atoms with Gasteiger partial charge < -0.3 is 4.42 Å². The Bertz CT molecular complexity index is 777. The van der Waals surface area contributed by atoms with E-state index in [-0.39, 0.29) is 5.63 Å². The number of halogens is 1. The lowest BCUT2D eigenvalue weighted by atomic mass is 10.1. The fourth-order valence-electron chi connectivity index (χ4n) is 2.07. The minimum atomic E-state index is -0.304. The van der Waals surface area contributed by atoms with E-state index in [0.717, 1.165) is 14.7 Å². The smallest absolute Gasteiger partial charge is 0.345 e. The lowest BCUT2D eigenvalue weighted by Gasteiger charge is -2.06. The van der Waals surface area contributed by atoms with Crippen LogP contribution in [0.25, 0.3) is 22.5 Å². The molecule has 0 spiro atoms. The quantitative estimate of drug-likeness (QED) is 0.615. The summed E-state index contributed by atoms with van der Waals surface area (Å²) in [5.41, 5.74) is 2.10. The number of benzene rings is 2. The van der Waals surface area contributed by atoms with Crippen LogP contribution in [0.3, 0.4) is 0 Å². The van der Waals surface area contributed by atoms with Gasteiger partial charge in [-0.15, -0.1) is 0 Å². The molecule has 20 heavy (non-hydrogen) atoms. The predicted molar refractivity (Wildman–Crippen MR) is 88.6 cm³/mol. The molecule has 2 aromatic carbocycles. The van der Waals surface area contributed by atoms with Crippen LogP contribution in [0.15, 0.2) is 75.9 Å². The van der Waals surface area contributed by atoms with Crippen molar-refractivity contribution in [2.75, 3.05) is 0 Å². The summed E-state index contributed by atoms with van der Waals surface area (Å²) < 4.78 is 6.36. The maximum Gasteiger partial charge on any atom is 0.345 e. The van der Waals surface area contributed by atoms with Crippen molar-refractivity contribution in [3.05, 3.63) is 80.7 Å². The molecule has 0 amide bonds. The minimum Gasteiger partial charge on any atom is -0.422 e. The molecule has 0 N–H and O–H groups in total. The van der Waals surface area contributed by atoms with E-state index in [9.17, 15) is 4.79 Å². The number of hydrogen-bond acceptors (Lipinski definition) is 2. The van der Waals surface area contributed by atoms with Crippen LogP contribution in [0.5, 0.6) is 0 Å². The Hall–Kier alpha value is -1.88. The van der Waals surface area contributed by atoms with E-state index in [1.165, 1.54) is 0 Å². The van der Waals surface area contributed by atoms with Gasteiger partial charge >= 0.3 is 5.63 Å². The average Bonchev–Trinajstić information content (AvgIpc) is 2.48. The normalized spacial score (nSPS) is 10.4. The molecule has 1 heterocycles. The molecule has 3 aromatic rings. The molecule has 0 saturated carbocycles. The summed E-state index contributed by atoms with van der Waals surface area (Å²) in [5.74, 6) is 0.597. The van der Waals surface area contributed by atoms with E-state index in [2.05, 4.69) is 22.6 Å². The Morgan fingerprint density at radius 2 is 1.35 bits per heavy atom. The first kappa shape index (κ1) is 13.1. The van der Waals surface area contributed by atoms with Crippen molar-refractivity contribution < 1.29 is 4.42 Å². The van der Waals surface area contributed by atoms with Crippen molar-refractivity contribution in [1.82, 2.24) is 0 Å². The topological polar surface area (TPSA) is 30.2 Å². The molecular weight excluding hydrogens is 363 g/mol. The minimum absolute atomic E-state index is 0.304. The Balaban J connectivity index is 2.16. The third kappa shape index (κ3) is 2.54. The third-order valence-corrected chi connectivity index (χ3v) is 3.87. The van der Waals surface area contributed by atoms with Gasteiger partial charge in [-0.3, -0.25) is 0 Å². The summed E-state index contributed by atoms with van der Waals surface area (Å²) in [4.78, 5) is 12.3. The largest absolute Gasteiger partial charge is 0.422 e. The second kappa shape index (κ2) is 5.63. The van der Waals surface area contributed by atoms with E-state index in [1.807, 2.05) is 66.7 Å². The van der Waals surface area contributed by atoms with Gasteiger partial charge in [0.1, 0.15) is 5.76 Å². The summed E-state index contributed by atoms with van der Waals surface area (Å²) in [7, 11) is 0. The van der Waals surface area contributed by atoms with Gasteiger partial charge in [0.25, 0.3) is 0 Å². The molecule has 0 unspecified atom stereocenters. The summed E-state index contributed by atoms with van der Waals surface area (Å²) in [6, 6.07) is 21.1. The van der Waals surface area contributed by atoms with Crippen LogP contribution >= 0.6 is 22.6 Å². The van der Waals surface area contributed by atoms with Gasteiger partial charge in [-0.25, -0.2) is 4.79 Å². The van der Waals surface area contributed by atoms with Crippen molar-refractivity contribution in [2.24, 2.45) is 0 Å². The highest BCUT2D eigenvalue weighted by Crippen LogP contribution is 2.26. The van der Waals surface area contributed by atoms with Crippen molar-refractivity contribution in [3.63, 3.8) is 0 Å². The highest BCUT2D eigenvalue weighted by atomic mass is 127. The maximum atomic E-state index is 12.3. The number of rotatable bonds is 2. The SMILES string of the molecule is O=c1oc(-c2ccccc2)cc(I)c1-c1ccccc1. The van der Waals surface area contributed by atoms with E-state index >= 15 is 0 Å². The summed E-state index contributed by atoms with van der Waals surface area (Å²) in [6.45, 7) is 0. The summed E-state index contributed by atoms with van der Waals surface area (Å²) in [6.07, 6.45) is 0. The van der Waals surface area contributed by atoms with Gasteiger partial charge in [-0.05, 0) is 34.2 Å². The van der Waals surface area contributed by atoms with E-state index in [0.29, 0.717) is 11.3 Å². The maximum absolute atomic E-state index is 12.3. The average molecular weight is 374 g/mol.